The van der Waals surface area contributed by atoms with E-state index in [2.05, 4.69) is 18.2 Å². The first-order chi connectivity index (χ1) is 6.36. The maximum Gasteiger partial charge on any atom is 0.219 e. The van der Waals surface area contributed by atoms with Crippen molar-refractivity contribution in [2.24, 2.45) is 0 Å². The van der Waals surface area contributed by atoms with Gasteiger partial charge >= 0.3 is 0 Å². The van der Waals surface area contributed by atoms with Crippen LogP contribution in [0, 0.1) is 4.91 Å². The zero-order valence-corrected chi connectivity index (χ0v) is 7.91. The van der Waals surface area contributed by atoms with Gasteiger partial charge in [-0.2, -0.15) is 0 Å². The van der Waals surface area contributed by atoms with Gasteiger partial charge in [-0.05, 0) is 25.3 Å². The normalized spacial score (nSPS) is 31.5. The summed E-state index contributed by atoms with van der Waals surface area (Å²) in [5.41, 5.74) is 1.45. The van der Waals surface area contributed by atoms with E-state index in [9.17, 15) is 4.91 Å². The summed E-state index contributed by atoms with van der Waals surface area (Å²) in [6.07, 6.45) is 12.1. The topological polar surface area (TPSA) is 20.1 Å². The van der Waals surface area contributed by atoms with Crippen LogP contribution in [0.15, 0.2) is 23.8 Å². The third-order valence-electron chi connectivity index (χ3n) is 2.86. The summed E-state index contributed by atoms with van der Waals surface area (Å²) in [4.78, 5) is 11.3. The minimum Gasteiger partial charge on any atom is -0.0879 e. The zero-order chi connectivity index (χ0) is 9.10. The second-order valence-corrected chi connectivity index (χ2v) is 3.89. The third-order valence-corrected chi connectivity index (χ3v) is 2.86. The highest BCUT2D eigenvalue weighted by Gasteiger charge is 2.29. The van der Waals surface area contributed by atoms with Crippen molar-refractivity contribution in [2.45, 2.75) is 38.1 Å². The summed E-state index contributed by atoms with van der Waals surface area (Å²) in [5, 5.41) is 0. The molecule has 2 aliphatic rings. The van der Waals surface area contributed by atoms with Crippen LogP contribution in [-0.4, -0.2) is 17.3 Å². The molecule has 0 aromatic carbocycles. The Bertz CT molecular complexity index is 265. The molecular weight excluding hydrogens is 162 g/mol. The maximum absolute atomic E-state index is 11.3. The van der Waals surface area contributed by atoms with Crippen LogP contribution in [0.1, 0.15) is 32.1 Å². The number of hydrogen-bond donors (Lipinski definition) is 0. The molecule has 0 aromatic heterocycles. The van der Waals surface area contributed by atoms with Crippen LogP contribution in [0.5, 0.6) is 0 Å². The van der Waals surface area contributed by atoms with E-state index < -0.39 is 0 Å². The summed E-state index contributed by atoms with van der Waals surface area (Å²) in [7, 11) is 0. The fourth-order valence-corrected chi connectivity index (χ4v) is 2.08. The van der Waals surface area contributed by atoms with Crippen molar-refractivity contribution in [2.75, 3.05) is 6.54 Å². The number of nitrogens with zero attached hydrogens (tertiary/aromatic N) is 1. The highest BCUT2D eigenvalue weighted by atomic mass is 16.3. The molecule has 0 saturated carbocycles. The first-order valence-corrected chi connectivity index (χ1v) is 5.14. The molecule has 0 bridgehead atoms. The van der Waals surface area contributed by atoms with Gasteiger partial charge in [0.15, 0.2) is 6.54 Å². The molecule has 13 heavy (non-hydrogen) atoms. The summed E-state index contributed by atoms with van der Waals surface area (Å²) >= 11 is 0. The van der Waals surface area contributed by atoms with E-state index in [4.69, 9.17) is 0 Å². The summed E-state index contributed by atoms with van der Waals surface area (Å²) in [6, 6.07) is 0.182. The van der Waals surface area contributed by atoms with E-state index in [1.807, 2.05) is 0 Å². The van der Waals surface area contributed by atoms with E-state index in [-0.39, 0.29) is 6.04 Å². The zero-order valence-electron chi connectivity index (χ0n) is 7.91. The van der Waals surface area contributed by atoms with Gasteiger partial charge < -0.3 is 0 Å². The third kappa shape index (κ3) is 2.06. The van der Waals surface area contributed by atoms with Crippen LogP contribution < -0.4 is 0 Å². The van der Waals surface area contributed by atoms with Crippen LogP contribution in [0.2, 0.25) is 0 Å². The molecule has 1 atom stereocenters. The molecule has 0 radical (unpaired) electrons. The molecule has 1 saturated heterocycles. The lowest BCUT2D eigenvalue weighted by atomic mass is 9.98. The summed E-state index contributed by atoms with van der Waals surface area (Å²) in [6.45, 7) is 0.726. The lowest BCUT2D eigenvalue weighted by Crippen LogP contribution is -2.14. The van der Waals surface area contributed by atoms with E-state index in [1.165, 1.54) is 10.3 Å². The summed E-state index contributed by atoms with van der Waals surface area (Å²) in [5.74, 6) is 0. The Hall–Kier alpha value is -0.920. The van der Waals surface area contributed by atoms with Crippen molar-refractivity contribution in [1.29, 1.82) is 0 Å². The van der Waals surface area contributed by atoms with Crippen molar-refractivity contribution in [3.63, 3.8) is 0 Å². The van der Waals surface area contributed by atoms with Crippen molar-refractivity contribution < 1.29 is 4.76 Å². The Morgan fingerprint density at radius 1 is 1.46 bits per heavy atom. The average Bonchev–Trinajstić information content (AvgIpc) is 2.54. The van der Waals surface area contributed by atoms with E-state index in [0.29, 0.717) is 0 Å². The standard InChI is InChI=1S/C11H16NO/c13-12-8-4-7-11(12)9-10-5-2-1-3-6-10/h1-2,9,11H,3-8H2/q+1. The Morgan fingerprint density at radius 2 is 2.38 bits per heavy atom. The number of hydrogen-bond acceptors (Lipinski definition) is 1. The molecule has 1 fully saturated rings. The first-order valence-electron chi connectivity index (χ1n) is 5.14. The van der Waals surface area contributed by atoms with E-state index >= 15 is 0 Å². The van der Waals surface area contributed by atoms with Gasteiger partial charge in [-0.3, -0.25) is 0 Å². The first kappa shape index (κ1) is 8.67. The lowest BCUT2D eigenvalue weighted by Gasteiger charge is -2.07. The van der Waals surface area contributed by atoms with Gasteiger partial charge in [-0.25, -0.2) is 0 Å². The molecule has 2 heteroatoms. The smallest absolute Gasteiger partial charge is 0.0879 e. The van der Waals surface area contributed by atoms with Crippen LogP contribution in [0.3, 0.4) is 0 Å². The monoisotopic (exact) mass is 178 g/mol. The second kappa shape index (κ2) is 3.86. The maximum atomic E-state index is 11.3. The molecule has 1 heterocycles. The molecule has 0 amide bonds. The van der Waals surface area contributed by atoms with Gasteiger partial charge in [0.1, 0.15) is 0 Å². The minimum atomic E-state index is 0.182. The Labute approximate surface area is 78.9 Å². The van der Waals surface area contributed by atoms with Gasteiger partial charge in [0.25, 0.3) is 0 Å². The lowest BCUT2D eigenvalue weighted by molar-refractivity contribution is -0.553. The molecule has 70 valence electrons. The van der Waals surface area contributed by atoms with E-state index in [0.717, 1.165) is 38.6 Å². The van der Waals surface area contributed by atoms with Crippen LogP contribution in [0.25, 0.3) is 0 Å². The van der Waals surface area contributed by atoms with Crippen molar-refractivity contribution in [1.82, 2.24) is 0 Å². The van der Waals surface area contributed by atoms with Gasteiger partial charge in [0, 0.05) is 22.5 Å². The Morgan fingerprint density at radius 3 is 3.00 bits per heavy atom. The minimum absolute atomic E-state index is 0.182. The second-order valence-electron chi connectivity index (χ2n) is 3.89. The predicted molar refractivity (Wildman–Crippen MR) is 52.6 cm³/mol. The molecule has 0 aromatic rings. The molecule has 0 spiro atoms. The molecule has 1 aliphatic heterocycles. The van der Waals surface area contributed by atoms with Gasteiger partial charge in [0.2, 0.25) is 6.04 Å². The summed E-state index contributed by atoms with van der Waals surface area (Å²) < 4.78 is 1.23. The SMILES string of the molecule is O=[N+]1CCCC1C=C1CC=CCC1. The van der Waals surface area contributed by atoms with Crippen LogP contribution in [-0.2, 0) is 0 Å². The number of nitroso groups, excluding NO2 is 1. The quantitative estimate of drug-likeness (QED) is 0.446. The molecular formula is C11H16NO+. The van der Waals surface area contributed by atoms with Crippen LogP contribution in [0.4, 0.5) is 0 Å². The highest BCUT2D eigenvalue weighted by Crippen LogP contribution is 2.21. The van der Waals surface area contributed by atoms with Crippen molar-refractivity contribution in [3.8, 4) is 0 Å². The fourth-order valence-electron chi connectivity index (χ4n) is 2.08. The molecule has 0 N–H and O–H groups in total. The van der Waals surface area contributed by atoms with Gasteiger partial charge in [-0.1, -0.05) is 17.7 Å². The van der Waals surface area contributed by atoms with E-state index in [1.54, 1.807) is 0 Å². The highest BCUT2D eigenvalue weighted by molar-refractivity contribution is 5.14. The van der Waals surface area contributed by atoms with Crippen molar-refractivity contribution in [3.05, 3.63) is 28.7 Å². The van der Waals surface area contributed by atoms with Gasteiger partial charge in [0.05, 0.1) is 0 Å². The largest absolute Gasteiger partial charge is 0.219 e. The predicted octanol–water partition coefficient (Wildman–Crippen LogP) is 2.59. The molecule has 2 nitrogen and oxygen atoms in total. The fraction of sp³-hybridized carbons (Fsp3) is 0.636. The van der Waals surface area contributed by atoms with Crippen molar-refractivity contribution >= 4 is 0 Å². The Balaban J connectivity index is 2.01. The number of allylic oxidation sites excluding steroid dienone is 3. The van der Waals surface area contributed by atoms with Crippen LogP contribution >= 0.6 is 0 Å². The Kier molecular flexibility index (Phi) is 2.57. The molecule has 2 rings (SSSR count). The molecule has 1 unspecified atom stereocenters. The average molecular weight is 178 g/mol. The molecule has 1 aliphatic carbocycles. The van der Waals surface area contributed by atoms with Gasteiger partial charge in [-0.15, -0.1) is 0 Å². The number of rotatable bonds is 1.